The van der Waals surface area contributed by atoms with Crippen molar-refractivity contribution in [3.05, 3.63) is 0 Å². The highest BCUT2D eigenvalue weighted by molar-refractivity contribution is 7.90. The highest BCUT2D eigenvalue weighted by Crippen LogP contribution is 2.21. The Kier molecular flexibility index (Phi) is 4.53. The molecule has 0 aromatic rings. The van der Waals surface area contributed by atoms with Crippen molar-refractivity contribution >= 4 is 16.0 Å². The fourth-order valence-corrected chi connectivity index (χ4v) is 1.23. The minimum absolute atomic E-state index is 0.658. The van der Waals surface area contributed by atoms with Gasteiger partial charge in [-0.3, -0.25) is 4.79 Å². The molecule has 0 amide bonds. The number of methoxy groups -OCH3 is 1. The SMILES string of the molecule is COC(=O)[C@H](C)CNS(=O)(=O)C(F)(F)F. The quantitative estimate of drug-likeness (QED) is 0.724. The summed E-state index contributed by atoms with van der Waals surface area (Å²) in [6.45, 7) is 0.583. The van der Waals surface area contributed by atoms with Crippen molar-refractivity contribution in [1.82, 2.24) is 4.72 Å². The maximum Gasteiger partial charge on any atom is 0.511 e. The Labute approximate surface area is 84.6 Å². The van der Waals surface area contributed by atoms with Crippen LogP contribution in [-0.2, 0) is 19.6 Å². The molecule has 15 heavy (non-hydrogen) atoms. The number of esters is 1. The van der Waals surface area contributed by atoms with Gasteiger partial charge in [0.15, 0.2) is 0 Å². The van der Waals surface area contributed by atoms with Gasteiger partial charge >= 0.3 is 21.5 Å². The second kappa shape index (κ2) is 4.79. The third-order valence-electron chi connectivity index (χ3n) is 1.49. The van der Waals surface area contributed by atoms with E-state index in [1.165, 1.54) is 11.6 Å². The van der Waals surface area contributed by atoms with Crippen LogP contribution in [0.5, 0.6) is 0 Å². The average molecular weight is 249 g/mol. The van der Waals surface area contributed by atoms with E-state index >= 15 is 0 Å². The summed E-state index contributed by atoms with van der Waals surface area (Å²) in [6.07, 6.45) is 0. The van der Waals surface area contributed by atoms with E-state index in [0.717, 1.165) is 7.11 Å². The first-order valence-corrected chi connectivity index (χ1v) is 5.24. The predicted molar refractivity (Wildman–Crippen MR) is 44.2 cm³/mol. The number of hydrogen-bond donors (Lipinski definition) is 1. The summed E-state index contributed by atoms with van der Waals surface area (Å²) in [5.41, 5.74) is -5.37. The number of rotatable bonds is 4. The maximum absolute atomic E-state index is 11.8. The summed E-state index contributed by atoms with van der Waals surface area (Å²) in [7, 11) is -4.34. The molecule has 0 aliphatic rings. The Balaban J connectivity index is 4.36. The fourth-order valence-electron chi connectivity index (χ4n) is 0.601. The minimum atomic E-state index is -5.39. The summed E-state index contributed by atoms with van der Waals surface area (Å²) in [4.78, 5) is 10.7. The van der Waals surface area contributed by atoms with E-state index in [-0.39, 0.29) is 0 Å². The zero-order valence-corrected chi connectivity index (χ0v) is 8.78. The first-order valence-electron chi connectivity index (χ1n) is 3.75. The summed E-state index contributed by atoms with van der Waals surface area (Å²) in [5.74, 6) is -1.77. The lowest BCUT2D eigenvalue weighted by atomic mass is 10.2. The number of carbonyl (C=O) groups is 1. The average Bonchev–Trinajstić information content (AvgIpc) is 2.11. The summed E-state index contributed by atoms with van der Waals surface area (Å²) >= 11 is 0. The molecule has 0 saturated carbocycles. The van der Waals surface area contributed by atoms with Crippen molar-refractivity contribution < 1.29 is 31.1 Å². The normalized spacial score (nSPS) is 14.7. The summed E-state index contributed by atoms with van der Waals surface area (Å²) in [5, 5.41) is 0. The van der Waals surface area contributed by atoms with E-state index in [1.807, 2.05) is 0 Å². The molecule has 5 nitrogen and oxygen atoms in total. The number of alkyl halides is 3. The van der Waals surface area contributed by atoms with Gasteiger partial charge < -0.3 is 4.74 Å². The van der Waals surface area contributed by atoms with Gasteiger partial charge in [0.25, 0.3) is 0 Å². The molecule has 0 bridgehead atoms. The molecule has 0 aromatic carbocycles. The highest BCUT2D eigenvalue weighted by Gasteiger charge is 2.45. The van der Waals surface area contributed by atoms with E-state index < -0.39 is 34.0 Å². The Morgan fingerprint density at radius 2 is 1.93 bits per heavy atom. The van der Waals surface area contributed by atoms with E-state index in [0.29, 0.717) is 0 Å². The summed E-state index contributed by atoms with van der Waals surface area (Å²) in [6, 6.07) is 0. The van der Waals surface area contributed by atoms with Gasteiger partial charge in [-0.05, 0) is 0 Å². The molecule has 0 rings (SSSR count). The van der Waals surface area contributed by atoms with Gasteiger partial charge in [-0.15, -0.1) is 0 Å². The van der Waals surface area contributed by atoms with Crippen LogP contribution in [0.25, 0.3) is 0 Å². The van der Waals surface area contributed by atoms with Crippen LogP contribution in [0.3, 0.4) is 0 Å². The fraction of sp³-hybridized carbons (Fsp3) is 0.833. The van der Waals surface area contributed by atoms with Crippen LogP contribution in [-0.4, -0.2) is 33.5 Å². The van der Waals surface area contributed by atoms with E-state index in [2.05, 4.69) is 4.74 Å². The molecule has 0 heterocycles. The molecule has 0 saturated heterocycles. The van der Waals surface area contributed by atoms with Crippen molar-refractivity contribution in [2.75, 3.05) is 13.7 Å². The molecule has 0 unspecified atom stereocenters. The number of carbonyl (C=O) groups excluding carboxylic acids is 1. The van der Waals surface area contributed by atoms with Crippen LogP contribution in [0.15, 0.2) is 0 Å². The van der Waals surface area contributed by atoms with Gasteiger partial charge in [-0.2, -0.15) is 13.2 Å². The van der Waals surface area contributed by atoms with Gasteiger partial charge in [0.1, 0.15) is 0 Å². The lowest BCUT2D eigenvalue weighted by Crippen LogP contribution is -2.40. The first kappa shape index (κ1) is 14.2. The van der Waals surface area contributed by atoms with Crippen LogP contribution in [0, 0.1) is 5.92 Å². The first-order chi connectivity index (χ1) is 6.62. The van der Waals surface area contributed by atoms with Gasteiger partial charge in [0, 0.05) is 6.54 Å². The molecule has 1 atom stereocenters. The van der Waals surface area contributed by atoms with Crippen molar-refractivity contribution in [3.8, 4) is 0 Å². The molecule has 90 valence electrons. The standard InChI is InChI=1S/C6H10F3NO4S/c1-4(5(11)14-2)3-10-15(12,13)6(7,8)9/h4,10H,3H2,1-2H3/t4-/m1/s1. The molecule has 0 aliphatic heterocycles. The van der Waals surface area contributed by atoms with Crippen molar-refractivity contribution in [2.24, 2.45) is 5.92 Å². The molecule has 0 spiro atoms. The van der Waals surface area contributed by atoms with Gasteiger partial charge in [-0.1, -0.05) is 6.92 Å². The second-order valence-electron chi connectivity index (χ2n) is 2.72. The molecular weight excluding hydrogens is 239 g/mol. The Hall–Kier alpha value is -0.830. The molecular formula is C6H10F3NO4S. The van der Waals surface area contributed by atoms with E-state index in [9.17, 15) is 26.4 Å². The molecule has 0 aliphatic carbocycles. The van der Waals surface area contributed by atoms with Gasteiger partial charge in [0.2, 0.25) is 0 Å². The van der Waals surface area contributed by atoms with E-state index in [1.54, 1.807) is 0 Å². The molecule has 0 fully saturated rings. The Bertz CT molecular complexity index is 324. The van der Waals surface area contributed by atoms with Crippen molar-refractivity contribution in [1.29, 1.82) is 0 Å². The van der Waals surface area contributed by atoms with Crippen LogP contribution >= 0.6 is 0 Å². The maximum atomic E-state index is 11.8. The lowest BCUT2D eigenvalue weighted by Gasteiger charge is -2.12. The largest absolute Gasteiger partial charge is 0.511 e. The number of sulfonamides is 1. The Morgan fingerprint density at radius 3 is 2.27 bits per heavy atom. The minimum Gasteiger partial charge on any atom is -0.469 e. The smallest absolute Gasteiger partial charge is 0.469 e. The van der Waals surface area contributed by atoms with Crippen LogP contribution in [0.1, 0.15) is 6.92 Å². The molecule has 1 N–H and O–H groups in total. The monoisotopic (exact) mass is 249 g/mol. The van der Waals surface area contributed by atoms with Gasteiger partial charge in [-0.25, -0.2) is 13.1 Å². The molecule has 0 aromatic heterocycles. The van der Waals surface area contributed by atoms with Crippen LogP contribution in [0.2, 0.25) is 0 Å². The summed E-state index contributed by atoms with van der Waals surface area (Å²) < 4.78 is 61.8. The zero-order valence-electron chi connectivity index (χ0n) is 7.96. The van der Waals surface area contributed by atoms with Crippen LogP contribution < -0.4 is 4.72 Å². The van der Waals surface area contributed by atoms with E-state index in [4.69, 9.17) is 0 Å². The molecule has 0 radical (unpaired) electrons. The van der Waals surface area contributed by atoms with Crippen LogP contribution in [0.4, 0.5) is 13.2 Å². The topological polar surface area (TPSA) is 72.5 Å². The van der Waals surface area contributed by atoms with Gasteiger partial charge in [0.05, 0.1) is 13.0 Å². The Morgan fingerprint density at radius 1 is 1.47 bits per heavy atom. The zero-order chi connectivity index (χ0) is 12.3. The number of hydrogen-bond acceptors (Lipinski definition) is 4. The predicted octanol–water partition coefficient (Wildman–Crippen LogP) is 0.235. The third kappa shape index (κ3) is 4.04. The number of ether oxygens (including phenoxy) is 1. The molecule has 9 heteroatoms. The second-order valence-corrected chi connectivity index (χ2v) is 4.48. The number of nitrogens with one attached hydrogen (secondary N) is 1. The third-order valence-corrected chi connectivity index (χ3v) is 2.64. The lowest BCUT2D eigenvalue weighted by molar-refractivity contribution is -0.144. The van der Waals surface area contributed by atoms with Crippen molar-refractivity contribution in [2.45, 2.75) is 12.4 Å². The highest BCUT2D eigenvalue weighted by atomic mass is 32.2. The van der Waals surface area contributed by atoms with Crippen molar-refractivity contribution in [3.63, 3.8) is 0 Å². The number of halogens is 3.